The van der Waals surface area contributed by atoms with Crippen LogP contribution in [-0.4, -0.2) is 35.4 Å². The van der Waals surface area contributed by atoms with Gasteiger partial charge in [0.05, 0.1) is 0 Å². The summed E-state index contributed by atoms with van der Waals surface area (Å²) in [5.74, 6) is -1.10. The van der Waals surface area contributed by atoms with E-state index in [1.165, 1.54) is 0 Å². The summed E-state index contributed by atoms with van der Waals surface area (Å²) in [4.78, 5) is 23.0. The Morgan fingerprint density at radius 2 is 1.82 bits per heavy atom. The number of hydrogen-bond acceptors (Lipinski definition) is 4. The fraction of sp³-hybridized carbons (Fsp3) is 0.500. The van der Waals surface area contributed by atoms with Gasteiger partial charge in [0, 0.05) is 18.7 Å². The summed E-state index contributed by atoms with van der Waals surface area (Å²) in [5.41, 5.74) is 1.13. The molecule has 122 valence electrons. The molecule has 0 radical (unpaired) electrons. The van der Waals surface area contributed by atoms with Gasteiger partial charge in [0.2, 0.25) is 0 Å². The van der Waals surface area contributed by atoms with E-state index in [0.717, 1.165) is 17.8 Å². The third-order valence-electron chi connectivity index (χ3n) is 2.76. The van der Waals surface area contributed by atoms with Crippen molar-refractivity contribution >= 4 is 17.7 Å². The van der Waals surface area contributed by atoms with Crippen LogP contribution < -0.4 is 10.6 Å². The van der Waals surface area contributed by atoms with Crippen molar-refractivity contribution in [2.75, 3.05) is 11.9 Å². The predicted octanol–water partition coefficient (Wildman–Crippen LogP) is 2.64. The Morgan fingerprint density at radius 3 is 2.27 bits per heavy atom. The zero-order valence-electron chi connectivity index (χ0n) is 13.5. The summed E-state index contributed by atoms with van der Waals surface area (Å²) in [6.45, 7) is 7.99. The van der Waals surface area contributed by atoms with Gasteiger partial charge in [-0.15, -0.1) is 0 Å². The largest absolute Gasteiger partial charge is 0.480 e. The third kappa shape index (κ3) is 6.47. The van der Waals surface area contributed by atoms with Crippen LogP contribution in [0.4, 0.5) is 10.5 Å². The van der Waals surface area contributed by atoms with Crippen molar-refractivity contribution in [3.63, 3.8) is 0 Å². The van der Waals surface area contributed by atoms with Crippen LogP contribution in [0.2, 0.25) is 0 Å². The highest BCUT2D eigenvalue weighted by atomic mass is 16.6. The van der Waals surface area contributed by atoms with Gasteiger partial charge in [-0.3, -0.25) is 0 Å². The number of rotatable bonds is 6. The maximum absolute atomic E-state index is 11.7. The Kier molecular flexibility index (Phi) is 6.22. The van der Waals surface area contributed by atoms with Crippen LogP contribution in [0.5, 0.6) is 0 Å². The van der Waals surface area contributed by atoms with Crippen LogP contribution in [-0.2, 0) is 16.0 Å². The molecule has 6 nitrogen and oxygen atoms in total. The van der Waals surface area contributed by atoms with Crippen molar-refractivity contribution in [3.8, 4) is 0 Å². The smallest absolute Gasteiger partial charge is 0.408 e. The SMILES string of the molecule is CCNc1ccc(C[C@H](NC(=O)OC(C)(C)C)C(=O)O)cc1. The first-order valence-corrected chi connectivity index (χ1v) is 7.26. The Morgan fingerprint density at radius 1 is 1.23 bits per heavy atom. The van der Waals surface area contributed by atoms with Crippen LogP contribution in [0.25, 0.3) is 0 Å². The molecule has 0 unspecified atom stereocenters. The van der Waals surface area contributed by atoms with E-state index in [-0.39, 0.29) is 6.42 Å². The minimum atomic E-state index is -1.10. The number of nitrogens with one attached hydrogen (secondary N) is 2. The van der Waals surface area contributed by atoms with E-state index in [0.29, 0.717) is 0 Å². The van der Waals surface area contributed by atoms with Gasteiger partial charge in [-0.05, 0) is 45.4 Å². The quantitative estimate of drug-likeness (QED) is 0.752. The minimum Gasteiger partial charge on any atom is -0.480 e. The topological polar surface area (TPSA) is 87.7 Å². The lowest BCUT2D eigenvalue weighted by atomic mass is 10.1. The number of carbonyl (C=O) groups excluding carboxylic acids is 1. The summed E-state index contributed by atoms with van der Waals surface area (Å²) in [7, 11) is 0. The van der Waals surface area contributed by atoms with Crippen LogP contribution in [0.1, 0.15) is 33.3 Å². The van der Waals surface area contributed by atoms with Crippen LogP contribution in [0, 0.1) is 0 Å². The summed E-state index contributed by atoms with van der Waals surface area (Å²) < 4.78 is 5.08. The van der Waals surface area contributed by atoms with Crippen molar-refractivity contribution in [2.45, 2.75) is 45.8 Å². The van der Waals surface area contributed by atoms with Crippen molar-refractivity contribution in [3.05, 3.63) is 29.8 Å². The van der Waals surface area contributed by atoms with E-state index in [4.69, 9.17) is 4.74 Å². The number of hydrogen-bond donors (Lipinski definition) is 3. The summed E-state index contributed by atoms with van der Waals surface area (Å²) in [5, 5.41) is 14.8. The highest BCUT2D eigenvalue weighted by Crippen LogP contribution is 2.12. The number of carbonyl (C=O) groups is 2. The molecule has 0 aliphatic heterocycles. The van der Waals surface area contributed by atoms with Crippen molar-refractivity contribution in [1.82, 2.24) is 5.32 Å². The molecule has 0 heterocycles. The number of benzene rings is 1. The second-order valence-corrected chi connectivity index (χ2v) is 5.97. The molecule has 0 fully saturated rings. The molecular formula is C16H24N2O4. The van der Waals surface area contributed by atoms with Crippen LogP contribution in [0.15, 0.2) is 24.3 Å². The van der Waals surface area contributed by atoms with E-state index in [1.54, 1.807) is 20.8 Å². The van der Waals surface area contributed by atoms with Crippen LogP contribution >= 0.6 is 0 Å². The van der Waals surface area contributed by atoms with Crippen molar-refractivity contribution in [2.24, 2.45) is 0 Å². The number of alkyl carbamates (subject to hydrolysis) is 1. The highest BCUT2D eigenvalue weighted by Gasteiger charge is 2.24. The van der Waals surface area contributed by atoms with Gasteiger partial charge < -0.3 is 20.5 Å². The van der Waals surface area contributed by atoms with E-state index in [2.05, 4.69) is 10.6 Å². The maximum atomic E-state index is 11.7. The number of carboxylic acids is 1. The van der Waals surface area contributed by atoms with E-state index in [9.17, 15) is 14.7 Å². The molecule has 1 atom stereocenters. The first-order chi connectivity index (χ1) is 10.2. The van der Waals surface area contributed by atoms with Gasteiger partial charge >= 0.3 is 12.1 Å². The van der Waals surface area contributed by atoms with Crippen molar-refractivity contribution in [1.29, 1.82) is 0 Å². The molecule has 6 heteroatoms. The van der Waals surface area contributed by atoms with E-state index >= 15 is 0 Å². The van der Waals surface area contributed by atoms with Gasteiger partial charge in [0.25, 0.3) is 0 Å². The number of amides is 1. The zero-order valence-corrected chi connectivity index (χ0v) is 13.5. The van der Waals surface area contributed by atoms with Gasteiger partial charge in [-0.2, -0.15) is 0 Å². The first-order valence-electron chi connectivity index (χ1n) is 7.26. The molecule has 0 spiro atoms. The zero-order chi connectivity index (χ0) is 16.8. The number of carboxylic acid groups (broad SMARTS) is 1. The maximum Gasteiger partial charge on any atom is 0.408 e. The standard InChI is InChI=1S/C16H24N2O4/c1-5-17-12-8-6-11(7-9-12)10-13(14(19)20)18-15(21)22-16(2,3)4/h6-9,13,17H,5,10H2,1-4H3,(H,18,21)(H,19,20)/t13-/m0/s1. The molecule has 0 saturated carbocycles. The highest BCUT2D eigenvalue weighted by molar-refractivity contribution is 5.80. The summed E-state index contributed by atoms with van der Waals surface area (Å²) in [6, 6.07) is 6.41. The summed E-state index contributed by atoms with van der Waals surface area (Å²) >= 11 is 0. The predicted molar refractivity (Wildman–Crippen MR) is 85.1 cm³/mol. The van der Waals surface area contributed by atoms with Gasteiger partial charge in [0.15, 0.2) is 0 Å². The average molecular weight is 308 g/mol. The number of anilines is 1. The van der Waals surface area contributed by atoms with Crippen LogP contribution in [0.3, 0.4) is 0 Å². The molecule has 0 saturated heterocycles. The summed E-state index contributed by atoms with van der Waals surface area (Å²) in [6.07, 6.45) is -0.537. The van der Waals surface area contributed by atoms with Gasteiger partial charge in [-0.1, -0.05) is 12.1 Å². The molecule has 0 aliphatic carbocycles. The Bertz CT molecular complexity index is 506. The fourth-order valence-electron chi connectivity index (χ4n) is 1.85. The molecule has 1 rings (SSSR count). The molecule has 1 aromatic carbocycles. The minimum absolute atomic E-state index is 0.195. The molecule has 1 aromatic rings. The molecule has 0 bridgehead atoms. The lowest BCUT2D eigenvalue weighted by Crippen LogP contribution is -2.44. The molecule has 0 aromatic heterocycles. The fourth-order valence-corrected chi connectivity index (χ4v) is 1.85. The van der Waals surface area contributed by atoms with Gasteiger partial charge in [0.1, 0.15) is 11.6 Å². The first kappa shape index (κ1) is 17.8. The normalized spacial score (nSPS) is 12.4. The number of aliphatic carboxylic acids is 1. The third-order valence-corrected chi connectivity index (χ3v) is 2.76. The van der Waals surface area contributed by atoms with Gasteiger partial charge in [-0.25, -0.2) is 9.59 Å². The van der Waals surface area contributed by atoms with E-state index in [1.807, 2.05) is 31.2 Å². The lowest BCUT2D eigenvalue weighted by molar-refractivity contribution is -0.139. The molecule has 1 amide bonds. The second kappa shape index (κ2) is 7.68. The monoisotopic (exact) mass is 308 g/mol. The van der Waals surface area contributed by atoms with Crippen molar-refractivity contribution < 1.29 is 19.4 Å². The molecular weight excluding hydrogens is 284 g/mol. The average Bonchev–Trinajstić information content (AvgIpc) is 2.38. The van der Waals surface area contributed by atoms with E-state index < -0.39 is 23.7 Å². The molecule has 22 heavy (non-hydrogen) atoms. The second-order valence-electron chi connectivity index (χ2n) is 5.97. The molecule has 0 aliphatic rings. The number of ether oxygens (including phenoxy) is 1. The Hall–Kier alpha value is -2.24. The Balaban J connectivity index is 2.68. The lowest BCUT2D eigenvalue weighted by Gasteiger charge is -2.22. The Labute approximate surface area is 130 Å². The molecule has 3 N–H and O–H groups in total.